The van der Waals surface area contributed by atoms with Gasteiger partial charge < -0.3 is 10.6 Å². The van der Waals surface area contributed by atoms with Crippen LogP contribution in [-0.2, 0) is 15.6 Å². The number of hydrogen-bond acceptors (Lipinski definition) is 3. The van der Waals surface area contributed by atoms with E-state index in [1.165, 1.54) is 19.3 Å². The van der Waals surface area contributed by atoms with Crippen LogP contribution in [0.15, 0.2) is 0 Å². The summed E-state index contributed by atoms with van der Waals surface area (Å²) in [6.45, 7) is 2.98. The fourth-order valence-electron chi connectivity index (χ4n) is 2.22. The maximum absolute atomic E-state index is 11.6. The van der Waals surface area contributed by atoms with Crippen LogP contribution in [0.5, 0.6) is 0 Å². The Morgan fingerprint density at radius 1 is 1.53 bits per heavy atom. The fourth-order valence-corrected chi connectivity index (χ4v) is 3.00. The summed E-state index contributed by atoms with van der Waals surface area (Å²) in [5.74, 6) is 0.614. The van der Waals surface area contributed by atoms with E-state index in [2.05, 4.69) is 10.6 Å². The highest BCUT2D eigenvalue weighted by molar-refractivity contribution is 7.84. The Bertz CT molecular complexity index is 265. The smallest absolute Gasteiger partial charge is 0.220 e. The van der Waals surface area contributed by atoms with Gasteiger partial charge in [-0.3, -0.25) is 9.00 Å². The van der Waals surface area contributed by atoms with E-state index in [0.717, 1.165) is 13.0 Å². The molecule has 1 amide bonds. The van der Waals surface area contributed by atoms with Crippen molar-refractivity contribution >= 4 is 16.7 Å². The molecule has 1 rings (SSSR count). The largest absolute Gasteiger partial charge is 0.353 e. The van der Waals surface area contributed by atoms with Gasteiger partial charge in [-0.2, -0.15) is 0 Å². The van der Waals surface area contributed by atoms with Gasteiger partial charge in [-0.15, -0.1) is 0 Å². The molecule has 100 valence electrons. The third-order valence-electron chi connectivity index (χ3n) is 3.02. The second-order valence-corrected chi connectivity index (χ2v) is 6.37. The molecule has 1 aliphatic rings. The molecule has 0 radical (unpaired) electrons. The number of nitrogens with one attached hydrogen (secondary N) is 2. The molecule has 5 heteroatoms. The van der Waals surface area contributed by atoms with Gasteiger partial charge in [-0.25, -0.2) is 0 Å². The maximum atomic E-state index is 11.6. The lowest BCUT2D eigenvalue weighted by atomic mass is 10.0. The average Bonchev–Trinajstić information content (AvgIpc) is 2.26. The van der Waals surface area contributed by atoms with Gasteiger partial charge in [0.2, 0.25) is 5.91 Å². The maximum Gasteiger partial charge on any atom is 0.220 e. The van der Waals surface area contributed by atoms with E-state index in [9.17, 15) is 9.00 Å². The summed E-state index contributed by atoms with van der Waals surface area (Å²) in [6, 6.07) is 0.512. The first kappa shape index (κ1) is 14.6. The molecule has 0 aromatic carbocycles. The molecule has 0 aromatic heterocycles. The van der Waals surface area contributed by atoms with Crippen molar-refractivity contribution in [1.29, 1.82) is 0 Å². The molecule has 1 fully saturated rings. The summed E-state index contributed by atoms with van der Waals surface area (Å²) in [4.78, 5) is 11.6. The molecule has 3 atom stereocenters. The number of carbonyl (C=O) groups excluding carboxylic acids is 1. The molecule has 1 saturated heterocycles. The summed E-state index contributed by atoms with van der Waals surface area (Å²) >= 11 is 0. The number of amides is 1. The molecule has 0 aromatic rings. The molecule has 17 heavy (non-hydrogen) atoms. The van der Waals surface area contributed by atoms with Crippen LogP contribution < -0.4 is 10.6 Å². The van der Waals surface area contributed by atoms with Crippen LogP contribution in [0, 0.1) is 0 Å². The highest BCUT2D eigenvalue weighted by Crippen LogP contribution is 2.11. The van der Waals surface area contributed by atoms with Crippen molar-refractivity contribution in [3.05, 3.63) is 0 Å². The topological polar surface area (TPSA) is 58.2 Å². The van der Waals surface area contributed by atoms with E-state index in [4.69, 9.17) is 0 Å². The molecular formula is C12H24N2O2S. The lowest BCUT2D eigenvalue weighted by molar-refractivity contribution is -0.121. The molecule has 1 aliphatic heterocycles. The second kappa shape index (κ2) is 7.82. The summed E-state index contributed by atoms with van der Waals surface area (Å²) in [6.07, 6.45) is 6.84. The minimum Gasteiger partial charge on any atom is -0.353 e. The minimum atomic E-state index is -0.847. The summed E-state index contributed by atoms with van der Waals surface area (Å²) in [5, 5.41) is 6.32. The average molecular weight is 260 g/mol. The zero-order chi connectivity index (χ0) is 12.7. The Morgan fingerprint density at radius 3 is 2.88 bits per heavy atom. The standard InChI is InChI=1S/C12H24N2O2S/c1-10(9-17(2)16)14-12(15)7-6-11-5-3-4-8-13-11/h10-11,13H,3-9H2,1-2H3,(H,14,15). The van der Waals surface area contributed by atoms with Gasteiger partial charge in [0.05, 0.1) is 0 Å². The molecular weight excluding hydrogens is 236 g/mol. The first-order valence-electron chi connectivity index (χ1n) is 6.40. The van der Waals surface area contributed by atoms with E-state index in [0.29, 0.717) is 18.2 Å². The first-order chi connectivity index (χ1) is 8.08. The zero-order valence-corrected chi connectivity index (χ0v) is 11.6. The third-order valence-corrected chi connectivity index (χ3v) is 3.99. The molecule has 3 unspecified atom stereocenters. The van der Waals surface area contributed by atoms with E-state index >= 15 is 0 Å². The molecule has 0 spiro atoms. The van der Waals surface area contributed by atoms with Crippen LogP contribution in [-0.4, -0.2) is 40.8 Å². The SMILES string of the molecule is CC(CS(C)=O)NC(=O)CCC1CCCCN1. The van der Waals surface area contributed by atoms with Crippen LogP contribution in [0.2, 0.25) is 0 Å². The Labute approximate surface area is 106 Å². The number of hydrogen-bond donors (Lipinski definition) is 2. The van der Waals surface area contributed by atoms with E-state index in [1.54, 1.807) is 6.26 Å². The van der Waals surface area contributed by atoms with Gasteiger partial charge in [0.25, 0.3) is 0 Å². The highest BCUT2D eigenvalue weighted by Gasteiger charge is 2.15. The lowest BCUT2D eigenvalue weighted by Gasteiger charge is -2.23. The van der Waals surface area contributed by atoms with Gasteiger partial charge in [0, 0.05) is 41.3 Å². The summed E-state index contributed by atoms with van der Waals surface area (Å²) in [5.41, 5.74) is 0. The van der Waals surface area contributed by atoms with Crippen molar-refractivity contribution in [2.24, 2.45) is 0 Å². The molecule has 2 N–H and O–H groups in total. The Hall–Kier alpha value is -0.420. The van der Waals surface area contributed by atoms with Crippen molar-refractivity contribution in [3.8, 4) is 0 Å². The second-order valence-electron chi connectivity index (χ2n) is 4.89. The lowest BCUT2D eigenvalue weighted by Crippen LogP contribution is -2.38. The van der Waals surface area contributed by atoms with Crippen molar-refractivity contribution < 1.29 is 9.00 Å². The summed E-state index contributed by atoms with van der Waals surface area (Å²) < 4.78 is 11.0. The third kappa shape index (κ3) is 6.78. The van der Waals surface area contributed by atoms with Crippen molar-refractivity contribution in [2.75, 3.05) is 18.6 Å². The Balaban J connectivity index is 2.13. The van der Waals surface area contributed by atoms with Gasteiger partial charge in [-0.1, -0.05) is 6.42 Å². The summed E-state index contributed by atoms with van der Waals surface area (Å²) in [7, 11) is -0.847. The highest BCUT2D eigenvalue weighted by atomic mass is 32.2. The van der Waals surface area contributed by atoms with E-state index < -0.39 is 10.8 Å². The van der Waals surface area contributed by atoms with Crippen LogP contribution in [0.25, 0.3) is 0 Å². The molecule has 4 nitrogen and oxygen atoms in total. The van der Waals surface area contributed by atoms with E-state index in [1.807, 2.05) is 6.92 Å². The minimum absolute atomic E-state index is 0.00708. The normalized spacial score (nSPS) is 24.0. The first-order valence-corrected chi connectivity index (χ1v) is 8.13. The van der Waals surface area contributed by atoms with Crippen LogP contribution in [0.3, 0.4) is 0 Å². The van der Waals surface area contributed by atoms with E-state index in [-0.39, 0.29) is 11.9 Å². The predicted octanol–water partition coefficient (Wildman–Crippen LogP) is 0.792. The van der Waals surface area contributed by atoms with Crippen molar-refractivity contribution in [2.45, 2.75) is 51.1 Å². The van der Waals surface area contributed by atoms with Crippen LogP contribution in [0.1, 0.15) is 39.0 Å². The van der Waals surface area contributed by atoms with Crippen molar-refractivity contribution in [3.63, 3.8) is 0 Å². The van der Waals surface area contributed by atoms with Gasteiger partial charge >= 0.3 is 0 Å². The molecule has 0 aliphatic carbocycles. The number of carbonyl (C=O) groups is 1. The molecule has 0 bridgehead atoms. The van der Waals surface area contributed by atoms with Crippen molar-refractivity contribution in [1.82, 2.24) is 10.6 Å². The van der Waals surface area contributed by atoms with Gasteiger partial charge in [0.1, 0.15) is 0 Å². The Kier molecular flexibility index (Phi) is 6.73. The molecule has 0 saturated carbocycles. The predicted molar refractivity (Wildman–Crippen MR) is 71.4 cm³/mol. The monoisotopic (exact) mass is 260 g/mol. The van der Waals surface area contributed by atoms with Crippen LogP contribution in [0.4, 0.5) is 0 Å². The van der Waals surface area contributed by atoms with Crippen LogP contribution >= 0.6 is 0 Å². The Morgan fingerprint density at radius 2 is 2.29 bits per heavy atom. The number of rotatable bonds is 6. The number of piperidine rings is 1. The van der Waals surface area contributed by atoms with Gasteiger partial charge in [-0.05, 0) is 32.7 Å². The zero-order valence-electron chi connectivity index (χ0n) is 10.8. The molecule has 1 heterocycles. The van der Waals surface area contributed by atoms with Gasteiger partial charge in [0.15, 0.2) is 0 Å². The fraction of sp³-hybridized carbons (Fsp3) is 0.917. The quantitative estimate of drug-likeness (QED) is 0.742.